The van der Waals surface area contributed by atoms with Gasteiger partial charge in [0.2, 0.25) is 0 Å². The Bertz CT molecular complexity index is 1440. The van der Waals surface area contributed by atoms with Gasteiger partial charge in [0.1, 0.15) is 5.71 Å². The van der Waals surface area contributed by atoms with Gasteiger partial charge in [0.15, 0.2) is 5.71 Å². The lowest BCUT2D eigenvalue weighted by Crippen LogP contribution is -2.29. The Labute approximate surface area is 196 Å². The minimum atomic E-state index is -0.181. The van der Waals surface area contributed by atoms with E-state index < -0.39 is 0 Å². The molecule has 0 bridgehead atoms. The highest BCUT2D eigenvalue weighted by Gasteiger charge is 2.34. The molecule has 6 rings (SSSR count). The highest BCUT2D eigenvalue weighted by Crippen LogP contribution is 2.37. The van der Waals surface area contributed by atoms with E-state index >= 15 is 0 Å². The van der Waals surface area contributed by atoms with Crippen LogP contribution in [0.4, 0.5) is 5.69 Å². The van der Waals surface area contributed by atoms with Crippen LogP contribution >= 0.6 is 11.6 Å². The average Bonchev–Trinajstić information content (AvgIpc) is 3.31. The van der Waals surface area contributed by atoms with Crippen molar-refractivity contribution in [3.63, 3.8) is 0 Å². The molecule has 0 spiro atoms. The number of benzene rings is 4. The molecule has 1 heterocycles. The Morgan fingerprint density at radius 2 is 1.12 bits per heavy atom. The molecule has 4 aromatic rings. The molecule has 158 valence electrons. The second kappa shape index (κ2) is 7.84. The Balaban J connectivity index is 1.44. The molecule has 1 amide bonds. The number of hydrogen-bond acceptors (Lipinski definition) is 3. The van der Waals surface area contributed by atoms with Gasteiger partial charge in [-0.1, -0.05) is 96.5 Å². The SMILES string of the molecule is O=C1C(=NN=C2c3ccccc3-c3ccccc32)c2ccccc2N1Cc1ccccc1Cl. The van der Waals surface area contributed by atoms with Crippen LogP contribution in [0.1, 0.15) is 22.3 Å². The standard InChI is InChI=1S/C28H18ClN3O/c29-24-15-7-1-9-18(24)17-32-25-16-8-6-14-23(25)27(28(32)33)31-30-26-21-12-4-2-10-19(21)20-11-3-5-13-22(20)26/h1-16H,17H2. The van der Waals surface area contributed by atoms with Crippen molar-refractivity contribution in [2.45, 2.75) is 6.54 Å². The summed E-state index contributed by atoms with van der Waals surface area (Å²) in [6, 6.07) is 31.5. The minimum absolute atomic E-state index is 0.181. The molecule has 0 unspecified atom stereocenters. The van der Waals surface area contributed by atoms with Crippen LogP contribution in [0.5, 0.6) is 0 Å². The molecule has 1 aliphatic heterocycles. The number of hydrogen-bond donors (Lipinski definition) is 0. The maximum absolute atomic E-state index is 13.5. The molecule has 0 saturated carbocycles. The summed E-state index contributed by atoms with van der Waals surface area (Å²) >= 11 is 6.37. The summed E-state index contributed by atoms with van der Waals surface area (Å²) in [7, 11) is 0. The Kier molecular flexibility index (Phi) is 4.67. The van der Waals surface area contributed by atoms with Crippen LogP contribution in [0, 0.1) is 0 Å². The summed E-state index contributed by atoms with van der Waals surface area (Å²) in [4.78, 5) is 15.2. The van der Waals surface area contributed by atoms with Crippen LogP contribution in [-0.2, 0) is 11.3 Å². The lowest BCUT2D eigenvalue weighted by molar-refractivity contribution is -0.112. The summed E-state index contributed by atoms with van der Waals surface area (Å²) in [6.45, 7) is 0.372. The molecule has 0 saturated heterocycles. The van der Waals surface area contributed by atoms with E-state index in [1.54, 1.807) is 4.90 Å². The van der Waals surface area contributed by atoms with Crippen molar-refractivity contribution in [3.8, 4) is 11.1 Å². The zero-order chi connectivity index (χ0) is 22.4. The third kappa shape index (κ3) is 3.19. The molecule has 0 N–H and O–H groups in total. The van der Waals surface area contributed by atoms with Crippen molar-refractivity contribution < 1.29 is 4.79 Å². The number of rotatable bonds is 3. The average molecular weight is 448 g/mol. The normalized spacial score (nSPS) is 14.9. The molecule has 0 radical (unpaired) electrons. The molecule has 0 atom stereocenters. The van der Waals surface area contributed by atoms with Gasteiger partial charge in [-0.25, -0.2) is 0 Å². The fourth-order valence-corrected chi connectivity index (χ4v) is 4.71. The van der Waals surface area contributed by atoms with Crippen molar-refractivity contribution >= 4 is 34.6 Å². The highest BCUT2D eigenvalue weighted by molar-refractivity contribution is 6.54. The largest absolute Gasteiger partial charge is 0.302 e. The molecule has 4 nitrogen and oxygen atoms in total. The van der Waals surface area contributed by atoms with Gasteiger partial charge >= 0.3 is 0 Å². The van der Waals surface area contributed by atoms with Crippen LogP contribution < -0.4 is 4.90 Å². The number of nitrogens with zero attached hydrogens (tertiary/aromatic N) is 3. The van der Waals surface area contributed by atoms with Crippen LogP contribution in [0.15, 0.2) is 107 Å². The third-order valence-corrected chi connectivity index (χ3v) is 6.46. The Morgan fingerprint density at radius 3 is 1.79 bits per heavy atom. The number of para-hydroxylation sites is 1. The zero-order valence-electron chi connectivity index (χ0n) is 17.6. The molecule has 2 aliphatic rings. The lowest BCUT2D eigenvalue weighted by Gasteiger charge is -2.17. The Hall–Kier alpha value is -4.02. The highest BCUT2D eigenvalue weighted by atomic mass is 35.5. The van der Waals surface area contributed by atoms with Crippen molar-refractivity contribution in [1.82, 2.24) is 0 Å². The topological polar surface area (TPSA) is 45.0 Å². The van der Waals surface area contributed by atoms with E-state index in [2.05, 4.69) is 22.3 Å². The number of carbonyl (C=O) groups excluding carboxylic acids is 1. The maximum Gasteiger partial charge on any atom is 0.279 e. The Morgan fingerprint density at radius 1 is 0.606 bits per heavy atom. The van der Waals surface area contributed by atoms with E-state index in [0.29, 0.717) is 17.3 Å². The predicted molar refractivity (Wildman–Crippen MR) is 133 cm³/mol. The van der Waals surface area contributed by atoms with Gasteiger partial charge in [-0.3, -0.25) is 4.79 Å². The molecule has 4 aromatic carbocycles. The van der Waals surface area contributed by atoms with Crippen molar-refractivity contribution in [2.75, 3.05) is 4.90 Å². The van der Waals surface area contributed by atoms with Gasteiger partial charge in [-0.15, -0.1) is 10.2 Å². The quantitative estimate of drug-likeness (QED) is 0.308. The summed E-state index contributed by atoms with van der Waals surface area (Å²) < 4.78 is 0. The van der Waals surface area contributed by atoms with E-state index in [9.17, 15) is 4.79 Å². The summed E-state index contributed by atoms with van der Waals surface area (Å²) in [5.74, 6) is -0.181. The van der Waals surface area contributed by atoms with Crippen molar-refractivity contribution in [1.29, 1.82) is 0 Å². The molecule has 1 aliphatic carbocycles. The predicted octanol–water partition coefficient (Wildman–Crippen LogP) is 6.11. The van der Waals surface area contributed by atoms with Crippen LogP contribution in [0.2, 0.25) is 5.02 Å². The van der Waals surface area contributed by atoms with E-state index in [0.717, 1.165) is 44.8 Å². The number of amides is 1. The number of halogens is 1. The molecule has 5 heteroatoms. The molecule has 33 heavy (non-hydrogen) atoms. The van der Waals surface area contributed by atoms with Gasteiger partial charge < -0.3 is 4.90 Å². The van der Waals surface area contributed by atoms with Crippen LogP contribution in [0.25, 0.3) is 11.1 Å². The van der Waals surface area contributed by atoms with Gasteiger partial charge in [0.25, 0.3) is 5.91 Å². The number of fused-ring (bicyclic) bond motifs is 4. The first kappa shape index (κ1) is 19.6. The lowest BCUT2D eigenvalue weighted by atomic mass is 10.1. The van der Waals surface area contributed by atoms with Gasteiger partial charge in [0.05, 0.1) is 12.2 Å². The molecule has 0 fully saturated rings. The monoisotopic (exact) mass is 447 g/mol. The minimum Gasteiger partial charge on any atom is -0.302 e. The third-order valence-electron chi connectivity index (χ3n) is 6.09. The van der Waals surface area contributed by atoms with E-state index in [1.165, 1.54) is 0 Å². The van der Waals surface area contributed by atoms with Crippen LogP contribution in [0.3, 0.4) is 0 Å². The van der Waals surface area contributed by atoms with Crippen molar-refractivity contribution in [3.05, 3.63) is 124 Å². The van der Waals surface area contributed by atoms with E-state index in [-0.39, 0.29) is 5.91 Å². The van der Waals surface area contributed by atoms with Crippen LogP contribution in [-0.4, -0.2) is 17.3 Å². The summed E-state index contributed by atoms with van der Waals surface area (Å²) in [5.41, 5.74) is 7.90. The molecule has 0 aromatic heterocycles. The van der Waals surface area contributed by atoms with Crippen molar-refractivity contribution in [2.24, 2.45) is 10.2 Å². The molecular weight excluding hydrogens is 430 g/mol. The number of anilines is 1. The zero-order valence-corrected chi connectivity index (χ0v) is 18.3. The smallest absolute Gasteiger partial charge is 0.279 e. The summed E-state index contributed by atoms with van der Waals surface area (Å²) in [5, 5.41) is 9.78. The van der Waals surface area contributed by atoms with E-state index in [1.807, 2.05) is 84.9 Å². The first-order valence-corrected chi connectivity index (χ1v) is 11.1. The van der Waals surface area contributed by atoms with Gasteiger partial charge in [-0.05, 0) is 28.8 Å². The maximum atomic E-state index is 13.5. The first-order chi connectivity index (χ1) is 16.2. The van der Waals surface area contributed by atoms with Gasteiger partial charge in [-0.2, -0.15) is 0 Å². The summed E-state index contributed by atoms with van der Waals surface area (Å²) in [6.07, 6.45) is 0. The van der Waals surface area contributed by atoms with Gasteiger partial charge in [0, 0.05) is 21.7 Å². The van der Waals surface area contributed by atoms with E-state index in [4.69, 9.17) is 11.6 Å². The number of carbonyl (C=O) groups is 1. The second-order valence-electron chi connectivity index (χ2n) is 7.99. The first-order valence-electron chi connectivity index (χ1n) is 10.7. The second-order valence-corrected chi connectivity index (χ2v) is 8.40. The molecular formula is C28H18ClN3O. The fourth-order valence-electron chi connectivity index (χ4n) is 4.51. The fraction of sp³-hybridized carbons (Fsp3) is 0.0357.